The minimum Gasteiger partial charge on any atom is -0.494 e. The highest BCUT2D eigenvalue weighted by Crippen LogP contribution is 2.34. The van der Waals surface area contributed by atoms with E-state index in [1.54, 1.807) is 12.1 Å². The Kier molecular flexibility index (Phi) is 6.59. The molecule has 0 saturated carbocycles. The molecule has 3 aromatic heterocycles. The molecule has 0 spiro atoms. The third-order valence-corrected chi connectivity index (χ3v) is 5.68. The highest BCUT2D eigenvalue weighted by atomic mass is 35.5. The molecule has 0 radical (unpaired) electrons. The van der Waals surface area contributed by atoms with Crippen molar-refractivity contribution in [2.45, 2.75) is 13.3 Å². The Balaban J connectivity index is 1.54. The summed E-state index contributed by atoms with van der Waals surface area (Å²) in [5, 5.41) is 11.8. The molecule has 162 valence electrons. The number of halogens is 1. The Bertz CT molecular complexity index is 1090. The molecule has 31 heavy (non-hydrogen) atoms. The van der Waals surface area contributed by atoms with Gasteiger partial charge in [-0.3, -0.25) is 15.1 Å². The van der Waals surface area contributed by atoms with Crippen LogP contribution in [0.3, 0.4) is 0 Å². The van der Waals surface area contributed by atoms with Crippen molar-refractivity contribution >= 4 is 34.0 Å². The Labute approximate surface area is 187 Å². The van der Waals surface area contributed by atoms with E-state index in [1.807, 2.05) is 6.92 Å². The molecular formula is C20H20ClN5O4S. The maximum absolute atomic E-state index is 13.0. The van der Waals surface area contributed by atoms with Crippen LogP contribution in [0.15, 0.2) is 24.5 Å². The molecule has 1 saturated heterocycles. The number of aromatic nitrogens is 4. The first-order chi connectivity index (χ1) is 15.0. The molecule has 0 bridgehead atoms. The summed E-state index contributed by atoms with van der Waals surface area (Å²) in [6.45, 7) is 3.79. The number of aryl methyl sites for hydroxylation is 1. The van der Waals surface area contributed by atoms with Crippen molar-refractivity contribution in [3.05, 3.63) is 40.9 Å². The molecule has 1 fully saturated rings. The molecule has 4 heterocycles. The van der Waals surface area contributed by atoms with Gasteiger partial charge in [-0.05, 0) is 36.8 Å². The molecule has 9 nitrogen and oxygen atoms in total. The second-order valence-electron chi connectivity index (χ2n) is 6.95. The molecule has 1 amide bonds. The van der Waals surface area contributed by atoms with Crippen LogP contribution >= 0.6 is 22.9 Å². The molecule has 1 aliphatic rings. The van der Waals surface area contributed by atoms with Crippen molar-refractivity contribution in [3.63, 3.8) is 0 Å². The number of amides is 1. The van der Waals surface area contributed by atoms with Crippen LogP contribution in [0.5, 0.6) is 10.9 Å². The topological polar surface area (TPSA) is 108 Å². The number of hydrogen-bond acceptors (Lipinski definition) is 9. The van der Waals surface area contributed by atoms with Crippen LogP contribution in [-0.4, -0.2) is 53.0 Å². The maximum atomic E-state index is 13.0. The number of carbonyl (C=O) groups is 1. The predicted molar refractivity (Wildman–Crippen MR) is 116 cm³/mol. The second-order valence-corrected chi connectivity index (χ2v) is 8.27. The number of nitrogens with zero attached hydrogens (tertiary/aromatic N) is 4. The van der Waals surface area contributed by atoms with Gasteiger partial charge in [0.25, 0.3) is 11.1 Å². The number of carbonyl (C=O) groups excluding carboxylic acids is 1. The van der Waals surface area contributed by atoms with E-state index < -0.39 is 0 Å². The van der Waals surface area contributed by atoms with Crippen LogP contribution < -0.4 is 14.8 Å². The highest BCUT2D eigenvalue weighted by molar-refractivity contribution is 7.17. The Hall–Kier alpha value is -2.82. The summed E-state index contributed by atoms with van der Waals surface area (Å²) in [4.78, 5) is 21.3. The fourth-order valence-electron chi connectivity index (χ4n) is 3.14. The van der Waals surface area contributed by atoms with Crippen molar-refractivity contribution in [3.8, 4) is 22.1 Å². The van der Waals surface area contributed by atoms with Gasteiger partial charge in [0.2, 0.25) is 5.13 Å². The van der Waals surface area contributed by atoms with Gasteiger partial charge in [-0.15, -0.1) is 5.10 Å². The van der Waals surface area contributed by atoms with Gasteiger partial charge in [0.1, 0.15) is 10.9 Å². The zero-order valence-corrected chi connectivity index (χ0v) is 18.5. The molecule has 1 aliphatic heterocycles. The summed E-state index contributed by atoms with van der Waals surface area (Å²) in [6, 6.07) is 3.44. The van der Waals surface area contributed by atoms with Gasteiger partial charge in [-0.2, -0.15) is 0 Å². The number of ether oxygens (including phenoxy) is 3. The van der Waals surface area contributed by atoms with E-state index in [9.17, 15) is 4.79 Å². The van der Waals surface area contributed by atoms with Crippen LogP contribution in [0.2, 0.25) is 5.15 Å². The Morgan fingerprint density at radius 1 is 1.29 bits per heavy atom. The molecule has 1 unspecified atom stereocenters. The molecule has 11 heteroatoms. The summed E-state index contributed by atoms with van der Waals surface area (Å²) in [6.07, 6.45) is 3.99. The summed E-state index contributed by atoms with van der Waals surface area (Å²) < 4.78 is 16.4. The zero-order chi connectivity index (χ0) is 21.8. The normalized spacial score (nSPS) is 15.6. The Morgan fingerprint density at radius 2 is 2.16 bits per heavy atom. The minimum atomic E-state index is -0.385. The van der Waals surface area contributed by atoms with Crippen molar-refractivity contribution in [2.24, 2.45) is 5.92 Å². The lowest BCUT2D eigenvalue weighted by molar-refractivity contribution is 0.102. The van der Waals surface area contributed by atoms with Gasteiger partial charge in [0.15, 0.2) is 0 Å². The standard InChI is InChI=1S/C20H20ClN5O4S/c1-11-5-13(14-6-17(21)23-8-16(14)28-2)15(7-22-11)18(27)24-19-25-26-20(31-19)30-10-12-3-4-29-9-12/h5-8,12H,3-4,9-10H2,1-2H3,(H,24,25,27). The van der Waals surface area contributed by atoms with Gasteiger partial charge in [0.05, 0.1) is 32.1 Å². The van der Waals surface area contributed by atoms with Crippen LogP contribution in [0, 0.1) is 12.8 Å². The van der Waals surface area contributed by atoms with Crippen molar-refractivity contribution in [2.75, 3.05) is 32.2 Å². The lowest BCUT2D eigenvalue weighted by atomic mass is 10.0. The highest BCUT2D eigenvalue weighted by Gasteiger charge is 2.20. The van der Waals surface area contributed by atoms with Gasteiger partial charge in [-0.1, -0.05) is 16.7 Å². The summed E-state index contributed by atoms with van der Waals surface area (Å²) >= 11 is 7.24. The molecule has 1 N–H and O–H groups in total. The largest absolute Gasteiger partial charge is 0.494 e. The summed E-state index contributed by atoms with van der Waals surface area (Å²) in [7, 11) is 1.53. The van der Waals surface area contributed by atoms with Crippen LogP contribution in [-0.2, 0) is 4.74 Å². The first kappa shape index (κ1) is 21.4. The third kappa shape index (κ3) is 5.09. The average molecular weight is 462 g/mol. The van der Waals surface area contributed by atoms with Gasteiger partial charge >= 0.3 is 0 Å². The van der Waals surface area contributed by atoms with E-state index in [0.717, 1.165) is 30.1 Å². The molecular weight excluding hydrogens is 442 g/mol. The number of nitrogens with one attached hydrogen (secondary N) is 1. The second kappa shape index (κ2) is 9.54. The SMILES string of the molecule is COc1cnc(Cl)cc1-c1cc(C)ncc1C(=O)Nc1nnc(OCC2CCOC2)s1. The number of rotatable bonds is 7. The predicted octanol–water partition coefficient (Wildman–Crippen LogP) is 3.63. The van der Waals surface area contributed by atoms with Gasteiger partial charge in [-0.25, -0.2) is 4.98 Å². The fraction of sp³-hybridized carbons (Fsp3) is 0.350. The average Bonchev–Trinajstić information content (AvgIpc) is 3.44. The monoisotopic (exact) mass is 461 g/mol. The number of pyridine rings is 2. The van der Waals surface area contributed by atoms with Gasteiger partial charge < -0.3 is 14.2 Å². The quantitative estimate of drug-likeness (QED) is 0.531. The van der Waals surface area contributed by atoms with E-state index in [1.165, 1.54) is 19.5 Å². The van der Waals surface area contributed by atoms with Gasteiger partial charge in [0, 0.05) is 35.5 Å². The molecule has 1 atom stereocenters. The van der Waals surface area contributed by atoms with E-state index in [2.05, 4.69) is 25.5 Å². The van der Waals surface area contributed by atoms with Crippen molar-refractivity contribution in [1.29, 1.82) is 0 Å². The number of hydrogen-bond donors (Lipinski definition) is 1. The summed E-state index contributed by atoms with van der Waals surface area (Å²) in [5.41, 5.74) is 2.34. The van der Waals surface area contributed by atoms with Crippen molar-refractivity contribution < 1.29 is 19.0 Å². The van der Waals surface area contributed by atoms with Crippen LogP contribution in [0.25, 0.3) is 11.1 Å². The molecule has 0 aliphatic carbocycles. The molecule has 3 aromatic rings. The maximum Gasteiger partial charge on any atom is 0.295 e. The lowest BCUT2D eigenvalue weighted by Crippen LogP contribution is -2.14. The van der Waals surface area contributed by atoms with E-state index in [-0.39, 0.29) is 11.1 Å². The minimum absolute atomic E-state index is 0.287. The first-order valence-electron chi connectivity index (χ1n) is 9.55. The summed E-state index contributed by atoms with van der Waals surface area (Å²) in [5.74, 6) is 0.459. The first-order valence-corrected chi connectivity index (χ1v) is 10.7. The lowest BCUT2D eigenvalue weighted by Gasteiger charge is -2.13. The third-order valence-electron chi connectivity index (χ3n) is 4.72. The fourth-order valence-corrected chi connectivity index (χ4v) is 3.90. The number of anilines is 1. The zero-order valence-electron chi connectivity index (χ0n) is 16.9. The van der Waals surface area contributed by atoms with Crippen molar-refractivity contribution in [1.82, 2.24) is 20.2 Å². The van der Waals surface area contributed by atoms with Crippen LogP contribution in [0.4, 0.5) is 5.13 Å². The van der Waals surface area contributed by atoms with Crippen LogP contribution in [0.1, 0.15) is 22.5 Å². The Morgan fingerprint density at radius 3 is 2.94 bits per heavy atom. The van der Waals surface area contributed by atoms with E-state index in [0.29, 0.717) is 51.9 Å². The molecule has 4 rings (SSSR count). The molecule has 0 aromatic carbocycles. The van der Waals surface area contributed by atoms with E-state index >= 15 is 0 Å². The number of methoxy groups -OCH3 is 1. The van der Waals surface area contributed by atoms with E-state index in [4.69, 9.17) is 25.8 Å². The smallest absolute Gasteiger partial charge is 0.295 e.